The van der Waals surface area contributed by atoms with Crippen molar-refractivity contribution in [1.29, 1.82) is 0 Å². The standard InChI is InChI=1S/C55H35N/c1-2-15-36(16-3-1)37-29-31-38(32-30-37)56(39-33-34-44-42-19-5-4-17-40(42)41-18-6-7-20-43(41)48(44)35-39)53-28-14-27-52-54(53)47-23-10-13-26-51(47)55(52)49-24-11-8-21-45(49)46-22-9-12-25-50(46)55/h1-35H. The number of hydrogen-bond acceptors (Lipinski definition) is 1. The molecule has 12 rings (SSSR count). The third-order valence-corrected chi connectivity index (χ3v) is 12.5. The lowest BCUT2D eigenvalue weighted by Gasteiger charge is -2.32. The van der Waals surface area contributed by atoms with Crippen LogP contribution in [0.3, 0.4) is 0 Å². The molecule has 0 saturated carbocycles. The molecule has 0 unspecified atom stereocenters. The van der Waals surface area contributed by atoms with Gasteiger partial charge >= 0.3 is 0 Å². The summed E-state index contributed by atoms with van der Waals surface area (Å²) >= 11 is 0. The zero-order valence-electron chi connectivity index (χ0n) is 30.7. The van der Waals surface area contributed by atoms with Crippen molar-refractivity contribution in [2.75, 3.05) is 4.90 Å². The first-order valence-electron chi connectivity index (χ1n) is 19.5. The molecule has 260 valence electrons. The summed E-state index contributed by atoms with van der Waals surface area (Å²) in [5.74, 6) is 0. The smallest absolute Gasteiger partial charge is 0.0726 e. The van der Waals surface area contributed by atoms with E-state index in [0.29, 0.717) is 0 Å². The van der Waals surface area contributed by atoms with Crippen molar-refractivity contribution in [3.8, 4) is 33.4 Å². The summed E-state index contributed by atoms with van der Waals surface area (Å²) < 4.78 is 0. The molecule has 0 amide bonds. The Bertz CT molecular complexity index is 3110. The molecule has 2 aliphatic carbocycles. The van der Waals surface area contributed by atoms with Gasteiger partial charge in [-0.2, -0.15) is 0 Å². The van der Waals surface area contributed by atoms with Crippen molar-refractivity contribution in [2.45, 2.75) is 5.41 Å². The fourth-order valence-corrected chi connectivity index (χ4v) is 10.2. The molecule has 10 aromatic rings. The SMILES string of the molecule is c1ccc(-c2ccc(N(c3ccc4c5ccccc5c5ccccc5c4c3)c3cccc4c3-c3ccccc3C43c4ccccc4-c4ccccc43)cc2)cc1. The first-order chi connectivity index (χ1) is 27.8. The van der Waals surface area contributed by atoms with Crippen molar-refractivity contribution < 1.29 is 0 Å². The monoisotopic (exact) mass is 709 g/mol. The van der Waals surface area contributed by atoms with E-state index in [-0.39, 0.29) is 0 Å². The second kappa shape index (κ2) is 11.9. The van der Waals surface area contributed by atoms with Crippen LogP contribution in [0.5, 0.6) is 0 Å². The Morgan fingerprint density at radius 2 is 0.732 bits per heavy atom. The highest BCUT2D eigenvalue weighted by Gasteiger charge is 2.52. The number of nitrogens with zero attached hydrogens (tertiary/aromatic N) is 1. The van der Waals surface area contributed by atoms with Crippen LogP contribution in [-0.2, 0) is 5.41 Å². The van der Waals surface area contributed by atoms with E-state index in [4.69, 9.17) is 0 Å². The van der Waals surface area contributed by atoms with Crippen molar-refractivity contribution in [3.63, 3.8) is 0 Å². The highest BCUT2D eigenvalue weighted by atomic mass is 15.1. The molecule has 0 bridgehead atoms. The van der Waals surface area contributed by atoms with E-state index in [0.717, 1.165) is 11.4 Å². The predicted octanol–water partition coefficient (Wildman–Crippen LogP) is 14.6. The zero-order valence-corrected chi connectivity index (χ0v) is 30.7. The number of fused-ring (bicyclic) bond motifs is 16. The molecule has 0 saturated heterocycles. The number of rotatable bonds is 4. The maximum absolute atomic E-state index is 2.50. The maximum Gasteiger partial charge on any atom is 0.0726 e. The molecular weight excluding hydrogens is 675 g/mol. The summed E-state index contributed by atoms with van der Waals surface area (Å²) in [6, 6.07) is 78.8. The second-order valence-corrected chi connectivity index (χ2v) is 15.2. The molecule has 0 aromatic heterocycles. The molecule has 0 radical (unpaired) electrons. The first kappa shape index (κ1) is 31.2. The third-order valence-electron chi connectivity index (χ3n) is 12.5. The quantitative estimate of drug-likeness (QED) is 0.164. The van der Waals surface area contributed by atoms with Gasteiger partial charge < -0.3 is 4.90 Å². The first-order valence-corrected chi connectivity index (χ1v) is 19.5. The minimum absolute atomic E-state index is 0.420. The van der Waals surface area contributed by atoms with Gasteiger partial charge in [-0.3, -0.25) is 0 Å². The summed E-state index contributed by atoms with van der Waals surface area (Å²) in [5.41, 5.74) is 16.0. The van der Waals surface area contributed by atoms with Gasteiger partial charge in [-0.25, -0.2) is 0 Å². The Labute approximate surface area is 326 Å². The van der Waals surface area contributed by atoms with Crippen LogP contribution in [0, 0.1) is 0 Å². The topological polar surface area (TPSA) is 3.24 Å². The molecule has 0 aliphatic heterocycles. The van der Waals surface area contributed by atoms with Gasteiger partial charge in [-0.15, -0.1) is 0 Å². The molecule has 10 aromatic carbocycles. The fraction of sp³-hybridized carbons (Fsp3) is 0.0182. The minimum Gasteiger partial charge on any atom is -0.310 e. The van der Waals surface area contributed by atoms with Crippen LogP contribution in [0.2, 0.25) is 0 Å². The highest BCUT2D eigenvalue weighted by Crippen LogP contribution is 2.64. The summed E-state index contributed by atoms with van der Waals surface area (Å²) in [7, 11) is 0. The zero-order chi connectivity index (χ0) is 36.8. The van der Waals surface area contributed by atoms with Crippen LogP contribution < -0.4 is 4.90 Å². The number of anilines is 3. The van der Waals surface area contributed by atoms with Crippen molar-refractivity contribution in [2.24, 2.45) is 0 Å². The van der Waals surface area contributed by atoms with Crippen molar-refractivity contribution >= 4 is 49.4 Å². The Morgan fingerprint density at radius 3 is 1.36 bits per heavy atom. The normalized spacial score (nSPS) is 13.1. The van der Waals surface area contributed by atoms with E-state index < -0.39 is 5.41 Å². The maximum atomic E-state index is 2.50. The van der Waals surface area contributed by atoms with Crippen LogP contribution in [-0.4, -0.2) is 0 Å². The summed E-state index contributed by atoms with van der Waals surface area (Å²) in [6.07, 6.45) is 0. The molecule has 1 heteroatoms. The van der Waals surface area contributed by atoms with Gasteiger partial charge in [-0.05, 0) is 113 Å². The Hall–Kier alpha value is -7.22. The number of hydrogen-bond donors (Lipinski definition) is 0. The van der Waals surface area contributed by atoms with Gasteiger partial charge in [0.15, 0.2) is 0 Å². The molecule has 1 spiro atoms. The van der Waals surface area contributed by atoms with E-state index in [1.807, 2.05) is 0 Å². The average molecular weight is 710 g/mol. The molecule has 0 atom stereocenters. The van der Waals surface area contributed by atoms with Gasteiger partial charge in [0, 0.05) is 16.9 Å². The minimum atomic E-state index is -0.420. The molecule has 0 N–H and O–H groups in total. The molecule has 56 heavy (non-hydrogen) atoms. The predicted molar refractivity (Wildman–Crippen MR) is 235 cm³/mol. The molecule has 0 heterocycles. The molecule has 2 aliphatic rings. The van der Waals surface area contributed by atoms with Gasteiger partial charge in [0.25, 0.3) is 0 Å². The lowest BCUT2D eigenvalue weighted by Crippen LogP contribution is -2.26. The van der Waals surface area contributed by atoms with E-state index >= 15 is 0 Å². The average Bonchev–Trinajstić information content (AvgIpc) is 3.75. The van der Waals surface area contributed by atoms with E-state index in [1.54, 1.807) is 0 Å². The molecular formula is C55H35N. The Balaban J connectivity index is 1.16. The summed E-state index contributed by atoms with van der Waals surface area (Å²) in [5, 5.41) is 7.64. The Kier molecular flexibility index (Phi) is 6.62. The third kappa shape index (κ3) is 4.20. The van der Waals surface area contributed by atoms with Crippen molar-refractivity contribution in [3.05, 3.63) is 235 Å². The van der Waals surface area contributed by atoms with E-state index in [9.17, 15) is 0 Å². The van der Waals surface area contributed by atoms with Crippen LogP contribution in [0.15, 0.2) is 212 Å². The molecule has 1 nitrogen and oxygen atoms in total. The van der Waals surface area contributed by atoms with Gasteiger partial charge in [0.2, 0.25) is 0 Å². The van der Waals surface area contributed by atoms with E-state index in [1.165, 1.54) is 93.6 Å². The van der Waals surface area contributed by atoms with Crippen LogP contribution in [0.25, 0.3) is 65.7 Å². The van der Waals surface area contributed by atoms with Crippen LogP contribution in [0.1, 0.15) is 22.3 Å². The number of benzene rings is 10. The lowest BCUT2D eigenvalue weighted by molar-refractivity contribution is 0.794. The summed E-state index contributed by atoms with van der Waals surface area (Å²) in [6.45, 7) is 0. The highest BCUT2D eigenvalue weighted by molar-refractivity contribution is 6.26. The van der Waals surface area contributed by atoms with Gasteiger partial charge in [0.1, 0.15) is 0 Å². The summed E-state index contributed by atoms with van der Waals surface area (Å²) in [4.78, 5) is 2.50. The lowest BCUT2D eigenvalue weighted by atomic mass is 9.70. The van der Waals surface area contributed by atoms with E-state index in [2.05, 4.69) is 217 Å². The molecule has 0 fully saturated rings. The van der Waals surface area contributed by atoms with Gasteiger partial charge in [0.05, 0.1) is 11.1 Å². The van der Waals surface area contributed by atoms with Crippen LogP contribution in [0.4, 0.5) is 17.1 Å². The van der Waals surface area contributed by atoms with Crippen molar-refractivity contribution in [1.82, 2.24) is 0 Å². The fourth-order valence-electron chi connectivity index (χ4n) is 10.2. The second-order valence-electron chi connectivity index (χ2n) is 15.2. The van der Waals surface area contributed by atoms with Crippen LogP contribution >= 0.6 is 0 Å². The largest absolute Gasteiger partial charge is 0.310 e. The van der Waals surface area contributed by atoms with Gasteiger partial charge in [-0.1, -0.05) is 182 Å². The Morgan fingerprint density at radius 1 is 0.286 bits per heavy atom.